The Bertz CT molecular complexity index is 352. The SMILES string of the molecule is COc1ccccc1CC(O)CCCCCN(C)C. The molecule has 1 N–H and O–H groups in total. The van der Waals surface area contributed by atoms with Crippen LogP contribution in [0, 0.1) is 0 Å². The van der Waals surface area contributed by atoms with Gasteiger partial charge < -0.3 is 14.7 Å². The average Bonchev–Trinajstić information content (AvgIpc) is 2.38. The highest BCUT2D eigenvalue weighted by molar-refractivity contribution is 5.33. The molecule has 1 atom stereocenters. The lowest BCUT2D eigenvalue weighted by molar-refractivity contribution is 0.159. The molecule has 0 radical (unpaired) electrons. The summed E-state index contributed by atoms with van der Waals surface area (Å²) >= 11 is 0. The highest BCUT2D eigenvalue weighted by Gasteiger charge is 2.09. The number of unbranched alkanes of at least 4 members (excludes halogenated alkanes) is 2. The summed E-state index contributed by atoms with van der Waals surface area (Å²) in [6, 6.07) is 7.91. The van der Waals surface area contributed by atoms with E-state index in [1.54, 1.807) is 7.11 Å². The normalized spacial score (nSPS) is 12.7. The quantitative estimate of drug-likeness (QED) is 0.697. The lowest BCUT2D eigenvalue weighted by atomic mass is 10.0. The minimum Gasteiger partial charge on any atom is -0.496 e. The predicted molar refractivity (Wildman–Crippen MR) is 79.7 cm³/mol. The fourth-order valence-electron chi connectivity index (χ4n) is 2.21. The molecule has 0 amide bonds. The fourth-order valence-corrected chi connectivity index (χ4v) is 2.21. The van der Waals surface area contributed by atoms with Crippen molar-refractivity contribution in [3.63, 3.8) is 0 Å². The molecule has 1 rings (SSSR count). The predicted octanol–water partition coefficient (Wildman–Crippen LogP) is 2.72. The highest BCUT2D eigenvalue weighted by atomic mass is 16.5. The van der Waals surface area contributed by atoms with E-state index < -0.39 is 0 Å². The molecule has 1 aromatic carbocycles. The van der Waals surface area contributed by atoms with Gasteiger partial charge in [0, 0.05) is 6.42 Å². The van der Waals surface area contributed by atoms with Gasteiger partial charge in [-0.3, -0.25) is 0 Å². The number of hydrogen-bond donors (Lipinski definition) is 1. The van der Waals surface area contributed by atoms with E-state index in [0.717, 1.165) is 30.7 Å². The van der Waals surface area contributed by atoms with Crippen molar-refractivity contribution in [3.05, 3.63) is 29.8 Å². The Morgan fingerprint density at radius 2 is 1.89 bits per heavy atom. The minimum absolute atomic E-state index is 0.268. The van der Waals surface area contributed by atoms with Crippen molar-refractivity contribution < 1.29 is 9.84 Å². The maximum Gasteiger partial charge on any atom is 0.122 e. The Hall–Kier alpha value is -1.06. The number of rotatable bonds is 9. The molecule has 0 aliphatic rings. The fraction of sp³-hybridized carbons (Fsp3) is 0.625. The number of aliphatic hydroxyl groups excluding tert-OH is 1. The highest BCUT2D eigenvalue weighted by Crippen LogP contribution is 2.20. The first-order valence-corrected chi connectivity index (χ1v) is 7.08. The third-order valence-electron chi connectivity index (χ3n) is 3.29. The first-order valence-electron chi connectivity index (χ1n) is 7.08. The zero-order chi connectivity index (χ0) is 14.1. The zero-order valence-corrected chi connectivity index (χ0v) is 12.4. The molecule has 0 bridgehead atoms. The molecule has 0 spiro atoms. The zero-order valence-electron chi connectivity index (χ0n) is 12.4. The molecule has 108 valence electrons. The van der Waals surface area contributed by atoms with Gasteiger partial charge in [-0.05, 0) is 45.1 Å². The number of ether oxygens (including phenoxy) is 1. The van der Waals surface area contributed by atoms with Crippen LogP contribution in [0.5, 0.6) is 5.75 Å². The Labute approximate surface area is 117 Å². The summed E-state index contributed by atoms with van der Waals surface area (Å²) in [6.45, 7) is 1.13. The summed E-state index contributed by atoms with van der Waals surface area (Å²) in [5.74, 6) is 0.870. The minimum atomic E-state index is -0.268. The number of aliphatic hydroxyl groups is 1. The second kappa shape index (κ2) is 8.94. The Morgan fingerprint density at radius 1 is 1.16 bits per heavy atom. The van der Waals surface area contributed by atoms with Crippen LogP contribution in [-0.2, 0) is 6.42 Å². The van der Waals surface area contributed by atoms with Gasteiger partial charge in [-0.15, -0.1) is 0 Å². The van der Waals surface area contributed by atoms with Gasteiger partial charge in [0.05, 0.1) is 13.2 Å². The summed E-state index contributed by atoms with van der Waals surface area (Å²) in [4.78, 5) is 2.20. The largest absolute Gasteiger partial charge is 0.496 e. The molecule has 0 saturated heterocycles. The van der Waals surface area contributed by atoms with Crippen LogP contribution in [0.25, 0.3) is 0 Å². The number of para-hydroxylation sites is 1. The molecule has 1 unspecified atom stereocenters. The monoisotopic (exact) mass is 265 g/mol. The van der Waals surface area contributed by atoms with Crippen molar-refractivity contribution in [2.24, 2.45) is 0 Å². The van der Waals surface area contributed by atoms with Crippen molar-refractivity contribution in [3.8, 4) is 5.75 Å². The van der Waals surface area contributed by atoms with Gasteiger partial charge in [0.2, 0.25) is 0 Å². The smallest absolute Gasteiger partial charge is 0.122 e. The van der Waals surface area contributed by atoms with Crippen LogP contribution in [0.15, 0.2) is 24.3 Å². The first-order chi connectivity index (χ1) is 9.13. The van der Waals surface area contributed by atoms with E-state index >= 15 is 0 Å². The number of nitrogens with zero attached hydrogens (tertiary/aromatic N) is 1. The van der Waals surface area contributed by atoms with Crippen LogP contribution in [0.4, 0.5) is 0 Å². The molecule has 0 aliphatic carbocycles. The van der Waals surface area contributed by atoms with Crippen LogP contribution in [0.2, 0.25) is 0 Å². The summed E-state index contributed by atoms with van der Waals surface area (Å²) in [5.41, 5.74) is 1.09. The van der Waals surface area contributed by atoms with Crippen LogP contribution in [-0.4, -0.2) is 43.9 Å². The van der Waals surface area contributed by atoms with E-state index in [2.05, 4.69) is 19.0 Å². The lowest BCUT2D eigenvalue weighted by Gasteiger charge is -2.14. The molecule has 3 nitrogen and oxygen atoms in total. The number of methoxy groups -OCH3 is 1. The summed E-state index contributed by atoms with van der Waals surface area (Å²) < 4.78 is 5.30. The molecule has 0 saturated carbocycles. The van der Waals surface area contributed by atoms with Crippen LogP contribution < -0.4 is 4.74 Å². The van der Waals surface area contributed by atoms with Gasteiger partial charge in [-0.2, -0.15) is 0 Å². The molecule has 0 fully saturated rings. The van der Waals surface area contributed by atoms with Gasteiger partial charge in [0.15, 0.2) is 0 Å². The van der Waals surface area contributed by atoms with Crippen molar-refractivity contribution in [1.82, 2.24) is 4.90 Å². The van der Waals surface area contributed by atoms with Gasteiger partial charge in [0.25, 0.3) is 0 Å². The molecule has 3 heteroatoms. The van der Waals surface area contributed by atoms with E-state index in [1.807, 2.05) is 24.3 Å². The standard InChI is InChI=1S/C16H27NO2/c1-17(2)12-8-4-5-10-15(18)13-14-9-6-7-11-16(14)19-3/h6-7,9,11,15,18H,4-5,8,10,12-13H2,1-3H3. The van der Waals surface area contributed by atoms with E-state index in [0.29, 0.717) is 6.42 Å². The third-order valence-corrected chi connectivity index (χ3v) is 3.29. The summed E-state index contributed by atoms with van der Waals surface area (Å²) in [6.07, 6.45) is 4.75. The van der Waals surface area contributed by atoms with Crippen LogP contribution in [0.3, 0.4) is 0 Å². The Kier molecular flexibility index (Phi) is 7.53. The molecule has 0 aromatic heterocycles. The van der Waals surface area contributed by atoms with E-state index in [1.165, 1.54) is 12.8 Å². The molecule has 19 heavy (non-hydrogen) atoms. The first kappa shape index (κ1) is 16.0. The van der Waals surface area contributed by atoms with Gasteiger partial charge >= 0.3 is 0 Å². The van der Waals surface area contributed by atoms with Gasteiger partial charge in [0.1, 0.15) is 5.75 Å². The van der Waals surface area contributed by atoms with E-state index in [4.69, 9.17) is 4.74 Å². The Morgan fingerprint density at radius 3 is 2.58 bits per heavy atom. The number of hydrogen-bond acceptors (Lipinski definition) is 3. The molecular formula is C16H27NO2. The molecule has 1 aromatic rings. The maximum absolute atomic E-state index is 10.1. The summed E-state index contributed by atoms with van der Waals surface area (Å²) in [7, 11) is 5.86. The second-order valence-electron chi connectivity index (χ2n) is 5.32. The lowest BCUT2D eigenvalue weighted by Crippen LogP contribution is -2.14. The van der Waals surface area contributed by atoms with Crippen LogP contribution >= 0.6 is 0 Å². The van der Waals surface area contributed by atoms with Gasteiger partial charge in [-0.25, -0.2) is 0 Å². The molecule has 0 heterocycles. The Balaban J connectivity index is 2.25. The van der Waals surface area contributed by atoms with Crippen molar-refractivity contribution in [1.29, 1.82) is 0 Å². The van der Waals surface area contributed by atoms with Crippen molar-refractivity contribution in [2.75, 3.05) is 27.7 Å². The molecule has 0 aliphatic heterocycles. The van der Waals surface area contributed by atoms with Crippen molar-refractivity contribution >= 4 is 0 Å². The van der Waals surface area contributed by atoms with E-state index in [9.17, 15) is 5.11 Å². The van der Waals surface area contributed by atoms with Crippen LogP contribution in [0.1, 0.15) is 31.2 Å². The topological polar surface area (TPSA) is 32.7 Å². The molecular weight excluding hydrogens is 238 g/mol. The second-order valence-corrected chi connectivity index (χ2v) is 5.32. The average molecular weight is 265 g/mol. The van der Waals surface area contributed by atoms with Crippen molar-refractivity contribution in [2.45, 2.75) is 38.2 Å². The third kappa shape index (κ3) is 6.60. The summed E-state index contributed by atoms with van der Waals surface area (Å²) in [5, 5.41) is 10.1. The maximum atomic E-state index is 10.1. The van der Waals surface area contributed by atoms with Gasteiger partial charge in [-0.1, -0.05) is 31.0 Å². The number of benzene rings is 1. The van der Waals surface area contributed by atoms with E-state index in [-0.39, 0.29) is 6.10 Å².